The number of nitrogens with one attached hydrogen (secondary N) is 1. The van der Waals surface area contributed by atoms with Crippen molar-refractivity contribution in [1.29, 1.82) is 0 Å². The van der Waals surface area contributed by atoms with Crippen LogP contribution in [0.5, 0.6) is 5.75 Å². The molecule has 1 aliphatic rings. The number of hydrogen-bond acceptors (Lipinski definition) is 9. The molecule has 1 fully saturated rings. The molecule has 0 aliphatic heterocycles. The molecule has 1 aliphatic carbocycles. The number of rotatable bonds is 11. The molecule has 13 heteroatoms. The summed E-state index contributed by atoms with van der Waals surface area (Å²) in [5, 5.41) is 3.43. The van der Waals surface area contributed by atoms with Gasteiger partial charge in [-0.3, -0.25) is 9.36 Å². The van der Waals surface area contributed by atoms with E-state index in [2.05, 4.69) is 20.0 Å². The van der Waals surface area contributed by atoms with Crippen LogP contribution < -0.4 is 15.3 Å². The first-order valence-electron chi connectivity index (χ1n) is 12.6. The molecule has 11 nitrogen and oxygen atoms in total. The summed E-state index contributed by atoms with van der Waals surface area (Å²) in [6.45, 7) is 5.44. The average molecular weight is 565 g/mol. The van der Waals surface area contributed by atoms with Crippen LogP contribution in [0.1, 0.15) is 52.9 Å². The molecule has 2 atom stereocenters. The topological polar surface area (TPSA) is 143 Å². The SMILES string of the molecule is C[C@H](Cn1cnc2c(N)ncnc21)OCP(=O)(NC(C)(C)C(=O)OC1CCCCC1)Oc1ccc(Cl)cc1. The quantitative estimate of drug-likeness (QED) is 0.243. The van der Waals surface area contributed by atoms with Crippen molar-refractivity contribution in [3.63, 3.8) is 0 Å². The van der Waals surface area contributed by atoms with Gasteiger partial charge in [0.25, 0.3) is 0 Å². The lowest BCUT2D eigenvalue weighted by molar-refractivity contribution is -0.156. The fraction of sp³-hybridized carbons (Fsp3) is 0.520. The van der Waals surface area contributed by atoms with Gasteiger partial charge in [-0.25, -0.2) is 20.0 Å². The number of aromatic nitrogens is 4. The molecule has 3 aromatic rings. The Hall–Kier alpha value is -2.72. The number of nitrogens with zero attached hydrogens (tertiary/aromatic N) is 4. The zero-order chi connectivity index (χ0) is 27.3. The minimum atomic E-state index is -3.77. The van der Waals surface area contributed by atoms with E-state index in [4.69, 9.17) is 31.3 Å². The number of esters is 1. The van der Waals surface area contributed by atoms with Crippen molar-refractivity contribution in [2.75, 3.05) is 12.1 Å². The summed E-state index contributed by atoms with van der Waals surface area (Å²) < 4.78 is 33.5. The minimum Gasteiger partial charge on any atom is -0.461 e. The van der Waals surface area contributed by atoms with E-state index in [1.165, 1.54) is 6.33 Å². The van der Waals surface area contributed by atoms with Crippen molar-refractivity contribution < 1.29 is 23.4 Å². The van der Waals surface area contributed by atoms with Crippen molar-refractivity contribution in [3.8, 4) is 5.75 Å². The standard InChI is InChI=1S/C25H34ClN6O5P/c1-17(13-32-15-30-21-22(27)28-14-29-23(21)32)35-16-38(34,37-20-11-9-18(26)10-12-20)31-25(2,3)24(33)36-19-7-5-4-6-8-19/h9-12,14-15,17,19H,4-8,13,16H2,1-3H3,(H,31,34)(H2,27,28,29)/t17-,38?/m1/s1. The minimum absolute atomic E-state index is 0.131. The van der Waals surface area contributed by atoms with Crippen molar-refractivity contribution >= 4 is 42.1 Å². The summed E-state index contributed by atoms with van der Waals surface area (Å²) in [6, 6.07) is 6.47. The lowest BCUT2D eigenvalue weighted by Crippen LogP contribution is -2.48. The van der Waals surface area contributed by atoms with Gasteiger partial charge in [-0.2, -0.15) is 0 Å². The van der Waals surface area contributed by atoms with Crippen LogP contribution in [0, 0.1) is 0 Å². The Labute approximate surface area is 226 Å². The molecule has 0 amide bonds. The van der Waals surface area contributed by atoms with E-state index in [0.717, 1.165) is 32.1 Å². The van der Waals surface area contributed by atoms with E-state index in [0.29, 0.717) is 28.5 Å². The van der Waals surface area contributed by atoms with E-state index in [-0.39, 0.29) is 18.3 Å². The molecule has 1 saturated carbocycles. The Kier molecular flexibility index (Phi) is 8.92. The number of nitrogen functional groups attached to an aromatic ring is 1. The van der Waals surface area contributed by atoms with Crippen molar-refractivity contribution in [2.45, 2.75) is 77.2 Å². The van der Waals surface area contributed by atoms with Gasteiger partial charge < -0.3 is 24.3 Å². The van der Waals surface area contributed by atoms with E-state index >= 15 is 0 Å². The van der Waals surface area contributed by atoms with E-state index in [1.807, 2.05) is 6.92 Å². The molecular formula is C25H34ClN6O5P. The van der Waals surface area contributed by atoms with Gasteiger partial charge in [0.2, 0.25) is 0 Å². The largest absolute Gasteiger partial charge is 0.461 e. The fourth-order valence-corrected chi connectivity index (χ4v) is 6.43. The molecule has 0 bridgehead atoms. The van der Waals surface area contributed by atoms with Crippen molar-refractivity contribution in [3.05, 3.63) is 41.9 Å². The molecule has 1 unspecified atom stereocenters. The van der Waals surface area contributed by atoms with Crippen LogP contribution in [0.15, 0.2) is 36.9 Å². The zero-order valence-electron chi connectivity index (χ0n) is 21.8. The van der Waals surface area contributed by atoms with Gasteiger partial charge in [0.1, 0.15) is 35.6 Å². The number of hydrogen-bond donors (Lipinski definition) is 2. The monoisotopic (exact) mass is 564 g/mol. The Morgan fingerprint density at radius 3 is 2.63 bits per heavy atom. The van der Waals surface area contributed by atoms with Gasteiger partial charge in [-0.1, -0.05) is 18.0 Å². The van der Waals surface area contributed by atoms with E-state index < -0.39 is 25.1 Å². The maximum Gasteiger partial charge on any atom is 0.342 e. The maximum absolute atomic E-state index is 14.1. The van der Waals surface area contributed by atoms with Gasteiger partial charge in [0.15, 0.2) is 11.5 Å². The summed E-state index contributed by atoms with van der Waals surface area (Å²) >= 11 is 5.99. The van der Waals surface area contributed by atoms with Gasteiger partial charge in [0.05, 0.1) is 19.0 Å². The van der Waals surface area contributed by atoms with Crippen LogP contribution in [0.3, 0.4) is 0 Å². The second-order valence-corrected chi connectivity index (χ2v) is 12.5. The van der Waals surface area contributed by atoms with Crippen molar-refractivity contribution in [2.24, 2.45) is 0 Å². The summed E-state index contributed by atoms with van der Waals surface area (Å²) in [7, 11) is -3.77. The number of imidazole rings is 1. The van der Waals surface area contributed by atoms with Crippen LogP contribution in [-0.2, 0) is 25.4 Å². The number of carbonyl (C=O) groups is 1. The van der Waals surface area contributed by atoms with Crippen LogP contribution >= 0.6 is 19.1 Å². The van der Waals surface area contributed by atoms with Crippen LogP contribution in [0.2, 0.25) is 5.02 Å². The normalized spacial score (nSPS) is 17.2. The summed E-state index contributed by atoms with van der Waals surface area (Å²) in [4.78, 5) is 25.5. The fourth-order valence-electron chi connectivity index (χ4n) is 4.29. The van der Waals surface area contributed by atoms with Crippen molar-refractivity contribution in [1.82, 2.24) is 24.6 Å². The number of carbonyl (C=O) groups excluding carboxylic acids is 1. The molecule has 0 spiro atoms. The number of halogens is 1. The second kappa shape index (κ2) is 12.0. The van der Waals surface area contributed by atoms with Gasteiger partial charge >= 0.3 is 13.5 Å². The maximum atomic E-state index is 14.1. The van der Waals surface area contributed by atoms with Gasteiger partial charge in [0, 0.05) is 5.02 Å². The third kappa shape index (κ3) is 7.22. The molecule has 3 N–H and O–H groups in total. The van der Waals surface area contributed by atoms with Gasteiger partial charge in [-0.05, 0) is 70.7 Å². The molecule has 0 radical (unpaired) electrons. The van der Waals surface area contributed by atoms with E-state index in [1.54, 1.807) is 49.0 Å². The molecule has 4 rings (SSSR count). The first-order chi connectivity index (χ1) is 18.0. The van der Waals surface area contributed by atoms with Crippen LogP contribution in [-0.4, -0.2) is 49.6 Å². The lowest BCUT2D eigenvalue weighted by Gasteiger charge is -2.32. The summed E-state index contributed by atoms with van der Waals surface area (Å²) in [5.41, 5.74) is 5.65. The summed E-state index contributed by atoms with van der Waals surface area (Å²) in [6.07, 6.45) is 6.99. The Bertz CT molecular complexity index is 1300. The first kappa shape index (κ1) is 28.3. The highest BCUT2D eigenvalue weighted by Gasteiger charge is 2.40. The second-order valence-electron chi connectivity index (χ2n) is 10.1. The molecule has 206 valence electrons. The zero-order valence-corrected chi connectivity index (χ0v) is 23.5. The first-order valence-corrected chi connectivity index (χ1v) is 14.8. The molecule has 1 aromatic carbocycles. The highest BCUT2D eigenvalue weighted by Crippen LogP contribution is 2.46. The smallest absolute Gasteiger partial charge is 0.342 e. The summed E-state index contributed by atoms with van der Waals surface area (Å²) in [5.74, 6) is 0.125. The Morgan fingerprint density at radius 1 is 1.21 bits per heavy atom. The molecule has 38 heavy (non-hydrogen) atoms. The number of ether oxygens (including phenoxy) is 2. The molecule has 0 saturated heterocycles. The Balaban J connectivity index is 1.46. The molecule has 2 aromatic heterocycles. The number of benzene rings is 1. The predicted molar refractivity (Wildman–Crippen MR) is 145 cm³/mol. The third-order valence-electron chi connectivity index (χ3n) is 6.26. The average Bonchev–Trinajstić information content (AvgIpc) is 3.28. The number of anilines is 1. The molecular weight excluding hydrogens is 531 g/mol. The van der Waals surface area contributed by atoms with Crippen LogP contribution in [0.25, 0.3) is 11.2 Å². The van der Waals surface area contributed by atoms with E-state index in [9.17, 15) is 9.36 Å². The highest BCUT2D eigenvalue weighted by atomic mass is 35.5. The third-order valence-corrected chi connectivity index (χ3v) is 8.41. The molecule has 2 heterocycles. The Morgan fingerprint density at radius 2 is 1.92 bits per heavy atom. The predicted octanol–water partition coefficient (Wildman–Crippen LogP) is 4.94. The number of fused-ring (bicyclic) bond motifs is 1. The highest BCUT2D eigenvalue weighted by molar-refractivity contribution is 7.57. The lowest BCUT2D eigenvalue weighted by atomic mass is 9.97. The van der Waals surface area contributed by atoms with Gasteiger partial charge in [-0.15, -0.1) is 0 Å². The number of nitrogens with two attached hydrogens (primary N) is 1. The van der Waals surface area contributed by atoms with Crippen LogP contribution in [0.4, 0.5) is 5.82 Å².